The lowest BCUT2D eigenvalue weighted by Gasteiger charge is -2.29. The van der Waals surface area contributed by atoms with Crippen LogP contribution in [0.2, 0.25) is 0 Å². The Morgan fingerprint density at radius 2 is 2.20 bits per heavy atom. The second kappa shape index (κ2) is 7.86. The molecule has 1 aliphatic rings. The number of halogens is 1. The van der Waals surface area contributed by atoms with Gasteiger partial charge in [0.05, 0.1) is 5.75 Å². The molecule has 1 aromatic heterocycles. The van der Waals surface area contributed by atoms with Crippen molar-refractivity contribution in [2.75, 3.05) is 11.6 Å². The topological polar surface area (TPSA) is 85.8 Å². The van der Waals surface area contributed by atoms with E-state index in [0.717, 1.165) is 19.3 Å². The summed E-state index contributed by atoms with van der Waals surface area (Å²) in [5.74, 6) is 6.70. The molecule has 0 aliphatic heterocycles. The number of carbonyl (C=O) groups excluding carboxylic acids is 1. The maximum absolute atomic E-state index is 13.3. The molecular weight excluding hydrogens is 341 g/mol. The normalized spacial score (nSPS) is 20.4. The summed E-state index contributed by atoms with van der Waals surface area (Å²) in [6, 6.07) is 6.25. The Balaban J connectivity index is 1.59. The van der Waals surface area contributed by atoms with Gasteiger partial charge in [-0.05, 0) is 30.9 Å². The van der Waals surface area contributed by atoms with Gasteiger partial charge < -0.3 is 11.2 Å². The summed E-state index contributed by atoms with van der Waals surface area (Å²) in [7, 11) is 0. The molecule has 0 radical (unpaired) electrons. The summed E-state index contributed by atoms with van der Waals surface area (Å²) in [5.41, 5.74) is 0.544. The maximum atomic E-state index is 13.3. The number of aromatic nitrogens is 3. The van der Waals surface area contributed by atoms with Gasteiger partial charge in [0.1, 0.15) is 5.82 Å². The molecule has 1 aromatic carbocycles. The maximum Gasteiger partial charge on any atom is 0.230 e. The number of nitrogens with zero attached hydrogens (tertiary/aromatic N) is 3. The Labute approximate surface area is 150 Å². The van der Waals surface area contributed by atoms with E-state index >= 15 is 0 Å². The van der Waals surface area contributed by atoms with Crippen molar-refractivity contribution in [3.8, 4) is 11.4 Å². The van der Waals surface area contributed by atoms with Gasteiger partial charge in [-0.25, -0.2) is 9.07 Å². The van der Waals surface area contributed by atoms with Crippen molar-refractivity contribution in [2.24, 2.45) is 5.92 Å². The highest BCUT2D eigenvalue weighted by Gasteiger charge is 2.23. The van der Waals surface area contributed by atoms with Gasteiger partial charge in [-0.3, -0.25) is 4.79 Å². The summed E-state index contributed by atoms with van der Waals surface area (Å²) >= 11 is 1.22. The highest BCUT2D eigenvalue weighted by molar-refractivity contribution is 7.99. The summed E-state index contributed by atoms with van der Waals surface area (Å²) < 4.78 is 14.6. The van der Waals surface area contributed by atoms with Gasteiger partial charge in [-0.2, -0.15) is 0 Å². The van der Waals surface area contributed by atoms with E-state index in [0.29, 0.717) is 22.5 Å². The van der Waals surface area contributed by atoms with Gasteiger partial charge in [-0.15, -0.1) is 10.2 Å². The predicted octanol–water partition coefficient (Wildman–Crippen LogP) is 2.58. The zero-order valence-electron chi connectivity index (χ0n) is 14.1. The molecule has 8 heteroatoms. The molecule has 3 rings (SSSR count). The van der Waals surface area contributed by atoms with E-state index in [9.17, 15) is 9.18 Å². The number of rotatable bonds is 5. The van der Waals surface area contributed by atoms with Gasteiger partial charge in [0.25, 0.3) is 0 Å². The third-order valence-electron chi connectivity index (χ3n) is 4.54. The predicted molar refractivity (Wildman–Crippen MR) is 95.9 cm³/mol. The first-order chi connectivity index (χ1) is 12.0. The quantitative estimate of drug-likeness (QED) is 0.630. The number of benzene rings is 1. The molecule has 134 valence electrons. The molecule has 0 saturated heterocycles. The SMILES string of the molecule is C[C@@H]1CCCC[C@H]1NC(=O)CSc1nnc(-c2cccc(F)c2)n1N. The highest BCUT2D eigenvalue weighted by atomic mass is 32.2. The molecule has 2 atom stereocenters. The molecule has 3 N–H and O–H groups in total. The molecule has 1 heterocycles. The molecule has 6 nitrogen and oxygen atoms in total. The van der Waals surface area contributed by atoms with Gasteiger partial charge in [-0.1, -0.05) is 43.7 Å². The lowest BCUT2D eigenvalue weighted by Crippen LogP contribution is -2.41. The zero-order chi connectivity index (χ0) is 17.8. The van der Waals surface area contributed by atoms with E-state index in [-0.39, 0.29) is 23.5 Å². The van der Waals surface area contributed by atoms with Crippen molar-refractivity contribution in [1.82, 2.24) is 20.2 Å². The van der Waals surface area contributed by atoms with Gasteiger partial charge in [0.15, 0.2) is 5.82 Å². The highest BCUT2D eigenvalue weighted by Crippen LogP contribution is 2.25. The molecule has 0 spiro atoms. The van der Waals surface area contributed by atoms with Crippen LogP contribution >= 0.6 is 11.8 Å². The van der Waals surface area contributed by atoms with Crippen LogP contribution in [0.5, 0.6) is 0 Å². The minimum atomic E-state index is -0.365. The largest absolute Gasteiger partial charge is 0.352 e. The second-order valence-electron chi connectivity index (χ2n) is 6.41. The van der Waals surface area contributed by atoms with Crippen LogP contribution in [0.1, 0.15) is 32.6 Å². The lowest BCUT2D eigenvalue weighted by molar-refractivity contribution is -0.119. The minimum Gasteiger partial charge on any atom is -0.352 e. The standard InChI is InChI=1S/C17H22FN5OS/c1-11-5-2-3-8-14(11)20-15(24)10-25-17-22-21-16(23(17)19)12-6-4-7-13(18)9-12/h4,6-7,9,11,14H,2-3,5,8,10,19H2,1H3,(H,20,24)/t11-,14-/m1/s1. The van der Waals surface area contributed by atoms with Crippen molar-refractivity contribution in [3.63, 3.8) is 0 Å². The molecule has 0 unspecified atom stereocenters. The Bertz CT molecular complexity index is 750. The second-order valence-corrected chi connectivity index (χ2v) is 7.35. The fourth-order valence-corrected chi connectivity index (χ4v) is 3.78. The van der Waals surface area contributed by atoms with Crippen LogP contribution in [-0.4, -0.2) is 32.6 Å². The molecule has 1 amide bonds. The number of thioether (sulfide) groups is 1. The van der Waals surface area contributed by atoms with Crippen molar-refractivity contribution in [1.29, 1.82) is 0 Å². The van der Waals surface area contributed by atoms with E-state index in [1.54, 1.807) is 12.1 Å². The first-order valence-electron chi connectivity index (χ1n) is 8.43. The van der Waals surface area contributed by atoms with Crippen molar-refractivity contribution < 1.29 is 9.18 Å². The van der Waals surface area contributed by atoms with Gasteiger partial charge >= 0.3 is 0 Å². The molecule has 1 saturated carbocycles. The first kappa shape index (κ1) is 17.7. The number of hydrogen-bond donors (Lipinski definition) is 2. The third-order valence-corrected chi connectivity index (χ3v) is 5.48. The van der Waals surface area contributed by atoms with Crippen molar-refractivity contribution >= 4 is 17.7 Å². The number of nitrogens with one attached hydrogen (secondary N) is 1. The van der Waals surface area contributed by atoms with Crippen molar-refractivity contribution in [2.45, 2.75) is 43.8 Å². The molecule has 0 bridgehead atoms. The van der Waals surface area contributed by atoms with E-state index in [2.05, 4.69) is 22.4 Å². The Hall–Kier alpha value is -2.09. The number of carbonyl (C=O) groups is 1. The van der Waals surface area contributed by atoms with E-state index in [4.69, 9.17) is 5.84 Å². The monoisotopic (exact) mass is 363 g/mol. The van der Waals surface area contributed by atoms with Crippen LogP contribution in [0.15, 0.2) is 29.4 Å². The summed E-state index contributed by atoms with van der Waals surface area (Å²) in [4.78, 5) is 12.2. The third kappa shape index (κ3) is 4.31. The molecule has 1 aliphatic carbocycles. The smallest absolute Gasteiger partial charge is 0.230 e. The fourth-order valence-electron chi connectivity index (χ4n) is 3.11. The number of nitrogens with two attached hydrogens (primary N) is 1. The van der Waals surface area contributed by atoms with E-state index < -0.39 is 0 Å². The average Bonchev–Trinajstić information content (AvgIpc) is 2.96. The van der Waals surface area contributed by atoms with Crippen molar-refractivity contribution in [3.05, 3.63) is 30.1 Å². The van der Waals surface area contributed by atoms with Crippen LogP contribution in [0.4, 0.5) is 4.39 Å². The fraction of sp³-hybridized carbons (Fsp3) is 0.471. The van der Waals surface area contributed by atoms with Gasteiger partial charge in [0, 0.05) is 11.6 Å². The number of amides is 1. The van der Waals surface area contributed by atoms with Crippen LogP contribution in [0.3, 0.4) is 0 Å². The summed E-state index contributed by atoms with van der Waals surface area (Å²) in [5, 5.41) is 11.5. The molecule has 2 aromatic rings. The van der Waals surface area contributed by atoms with Gasteiger partial charge in [0.2, 0.25) is 11.1 Å². The minimum absolute atomic E-state index is 0.0287. The van der Waals surface area contributed by atoms with E-state index in [1.807, 2.05) is 0 Å². The van der Waals surface area contributed by atoms with Crippen LogP contribution in [0, 0.1) is 11.7 Å². The Morgan fingerprint density at radius 1 is 1.40 bits per heavy atom. The Kier molecular flexibility index (Phi) is 5.57. The number of hydrogen-bond acceptors (Lipinski definition) is 5. The Morgan fingerprint density at radius 3 is 2.96 bits per heavy atom. The van der Waals surface area contributed by atoms with Crippen LogP contribution in [-0.2, 0) is 4.79 Å². The van der Waals surface area contributed by atoms with Crippen LogP contribution in [0.25, 0.3) is 11.4 Å². The molecule has 1 fully saturated rings. The summed E-state index contributed by atoms with van der Waals surface area (Å²) in [6.45, 7) is 2.18. The zero-order valence-corrected chi connectivity index (χ0v) is 14.9. The molecule has 25 heavy (non-hydrogen) atoms. The average molecular weight is 363 g/mol. The number of nitrogen functional groups attached to an aromatic ring is 1. The first-order valence-corrected chi connectivity index (χ1v) is 9.41. The molecular formula is C17H22FN5OS. The van der Waals surface area contributed by atoms with E-state index in [1.165, 1.54) is 35.0 Å². The summed E-state index contributed by atoms with van der Waals surface area (Å²) in [6.07, 6.45) is 4.60. The lowest BCUT2D eigenvalue weighted by atomic mass is 9.86. The van der Waals surface area contributed by atoms with Crippen LogP contribution < -0.4 is 11.2 Å².